The molecule has 0 heterocycles. The van der Waals surface area contributed by atoms with Crippen LogP contribution in [0.1, 0.15) is 68.3 Å². The molecule has 140 valence electrons. The Labute approximate surface area is 157 Å². The fraction of sp³-hybridized carbons (Fsp3) is 0.435. The van der Waals surface area contributed by atoms with Gasteiger partial charge in [0.25, 0.3) is 5.91 Å². The van der Waals surface area contributed by atoms with Crippen molar-refractivity contribution in [1.82, 2.24) is 5.32 Å². The van der Waals surface area contributed by atoms with Gasteiger partial charge in [0, 0.05) is 0 Å². The van der Waals surface area contributed by atoms with Crippen molar-refractivity contribution in [2.45, 2.75) is 66.0 Å². The molecule has 2 atom stereocenters. The minimum Gasteiger partial charge on any atom is -0.481 e. The first kappa shape index (κ1) is 20.0. The maximum atomic E-state index is 12.7. The van der Waals surface area contributed by atoms with E-state index in [1.807, 2.05) is 18.2 Å². The first-order chi connectivity index (χ1) is 12.3. The number of ether oxygens (including phenoxy) is 1. The Balaban J connectivity index is 2.09. The summed E-state index contributed by atoms with van der Waals surface area (Å²) in [6, 6.07) is 14.3. The molecular weight excluding hydrogens is 322 g/mol. The van der Waals surface area contributed by atoms with E-state index >= 15 is 0 Å². The van der Waals surface area contributed by atoms with Gasteiger partial charge in [0.05, 0.1) is 6.04 Å². The van der Waals surface area contributed by atoms with Crippen molar-refractivity contribution in [2.75, 3.05) is 0 Å². The topological polar surface area (TPSA) is 38.3 Å². The van der Waals surface area contributed by atoms with Gasteiger partial charge >= 0.3 is 0 Å². The number of nitrogens with one attached hydrogen (secondary N) is 1. The van der Waals surface area contributed by atoms with Gasteiger partial charge in [-0.3, -0.25) is 4.79 Å². The summed E-state index contributed by atoms with van der Waals surface area (Å²) in [7, 11) is 0. The zero-order chi connectivity index (χ0) is 19.3. The van der Waals surface area contributed by atoms with Crippen molar-refractivity contribution in [3.8, 4) is 5.75 Å². The molecule has 0 bridgehead atoms. The van der Waals surface area contributed by atoms with Gasteiger partial charge in [-0.05, 0) is 61.4 Å². The van der Waals surface area contributed by atoms with Crippen molar-refractivity contribution in [3.63, 3.8) is 0 Å². The number of carbonyl (C=O) groups is 1. The number of benzene rings is 2. The Morgan fingerprint density at radius 2 is 1.73 bits per heavy atom. The van der Waals surface area contributed by atoms with Crippen molar-refractivity contribution >= 4 is 5.91 Å². The molecule has 0 aliphatic rings. The normalized spacial score (nSPS) is 13.3. The van der Waals surface area contributed by atoms with Gasteiger partial charge in [0.1, 0.15) is 5.75 Å². The first-order valence-corrected chi connectivity index (χ1v) is 9.46. The second-order valence-corrected chi connectivity index (χ2v) is 7.27. The molecule has 26 heavy (non-hydrogen) atoms. The highest BCUT2D eigenvalue weighted by molar-refractivity contribution is 5.81. The van der Waals surface area contributed by atoms with E-state index in [2.05, 4.69) is 64.2 Å². The average molecular weight is 354 g/mol. The molecule has 3 nitrogen and oxygen atoms in total. The van der Waals surface area contributed by atoms with Crippen LogP contribution in [-0.2, 0) is 4.79 Å². The van der Waals surface area contributed by atoms with Gasteiger partial charge in [-0.15, -0.1) is 0 Å². The van der Waals surface area contributed by atoms with E-state index in [4.69, 9.17) is 4.74 Å². The summed E-state index contributed by atoms with van der Waals surface area (Å²) in [6.45, 7) is 12.3. The summed E-state index contributed by atoms with van der Waals surface area (Å²) >= 11 is 0. The van der Waals surface area contributed by atoms with Gasteiger partial charge in [-0.2, -0.15) is 0 Å². The monoisotopic (exact) mass is 353 g/mol. The van der Waals surface area contributed by atoms with Crippen LogP contribution in [-0.4, -0.2) is 12.0 Å². The lowest BCUT2D eigenvalue weighted by molar-refractivity contribution is -0.128. The maximum Gasteiger partial charge on any atom is 0.261 e. The Morgan fingerprint density at radius 1 is 1.04 bits per heavy atom. The number of para-hydroxylation sites is 1. The molecule has 0 aromatic heterocycles. The van der Waals surface area contributed by atoms with Crippen LogP contribution in [0.25, 0.3) is 0 Å². The number of hydrogen-bond acceptors (Lipinski definition) is 2. The molecule has 0 saturated carbocycles. The third-order valence-electron chi connectivity index (χ3n) is 4.87. The third-order valence-corrected chi connectivity index (χ3v) is 4.87. The number of amides is 1. The standard InChI is InChI=1S/C23H31NO2/c1-7-21(19-13-12-16(4)17(5)14-19)24-23(25)18(6)26-22-11-9-8-10-20(22)15(2)3/h8-15,18,21H,7H2,1-6H3,(H,24,25)/t18-,21+/m0/s1. The van der Waals surface area contributed by atoms with Crippen molar-refractivity contribution in [3.05, 3.63) is 64.7 Å². The minimum atomic E-state index is -0.546. The molecule has 0 spiro atoms. The maximum absolute atomic E-state index is 12.7. The largest absolute Gasteiger partial charge is 0.481 e. The van der Waals surface area contributed by atoms with Crippen molar-refractivity contribution < 1.29 is 9.53 Å². The molecule has 0 unspecified atom stereocenters. The molecule has 2 aromatic carbocycles. The van der Waals surface area contributed by atoms with E-state index in [0.29, 0.717) is 5.92 Å². The predicted molar refractivity (Wildman–Crippen MR) is 108 cm³/mol. The number of hydrogen-bond donors (Lipinski definition) is 1. The Morgan fingerprint density at radius 3 is 2.35 bits per heavy atom. The van der Waals surface area contributed by atoms with Crippen molar-refractivity contribution in [2.24, 2.45) is 0 Å². The molecule has 0 radical (unpaired) electrons. The Kier molecular flexibility index (Phi) is 6.84. The molecule has 1 N–H and O–H groups in total. The van der Waals surface area contributed by atoms with E-state index in [9.17, 15) is 4.79 Å². The van der Waals surface area contributed by atoms with Crippen LogP contribution in [0.3, 0.4) is 0 Å². The predicted octanol–water partition coefficient (Wildman–Crippen LogP) is 5.46. The smallest absolute Gasteiger partial charge is 0.261 e. The highest BCUT2D eigenvalue weighted by Crippen LogP contribution is 2.27. The van der Waals surface area contributed by atoms with Gasteiger partial charge in [0.2, 0.25) is 0 Å². The lowest BCUT2D eigenvalue weighted by Gasteiger charge is -2.23. The van der Waals surface area contributed by atoms with Crippen LogP contribution in [0.4, 0.5) is 0 Å². The Bertz CT molecular complexity index is 752. The van der Waals surface area contributed by atoms with Crippen LogP contribution in [0.15, 0.2) is 42.5 Å². The zero-order valence-corrected chi connectivity index (χ0v) is 16.8. The molecule has 1 amide bonds. The van der Waals surface area contributed by atoms with E-state index in [-0.39, 0.29) is 11.9 Å². The molecule has 3 heteroatoms. The lowest BCUT2D eigenvalue weighted by atomic mass is 9.99. The SMILES string of the molecule is CC[C@@H](NC(=O)[C@H](C)Oc1ccccc1C(C)C)c1ccc(C)c(C)c1. The molecule has 0 fully saturated rings. The van der Waals surface area contributed by atoms with E-state index in [1.165, 1.54) is 11.1 Å². The Hall–Kier alpha value is -2.29. The van der Waals surface area contributed by atoms with Crippen LogP contribution in [0.5, 0.6) is 5.75 Å². The number of rotatable bonds is 7. The second-order valence-electron chi connectivity index (χ2n) is 7.27. The zero-order valence-electron chi connectivity index (χ0n) is 16.8. The summed E-state index contributed by atoms with van der Waals surface area (Å²) in [5, 5.41) is 3.13. The van der Waals surface area contributed by atoms with Gasteiger partial charge < -0.3 is 10.1 Å². The number of carbonyl (C=O) groups excluding carboxylic acids is 1. The van der Waals surface area contributed by atoms with Crippen LogP contribution in [0, 0.1) is 13.8 Å². The molecule has 0 aliphatic carbocycles. The summed E-state index contributed by atoms with van der Waals surface area (Å²) < 4.78 is 5.98. The van der Waals surface area contributed by atoms with E-state index < -0.39 is 6.10 Å². The van der Waals surface area contributed by atoms with Gasteiger partial charge in [-0.1, -0.05) is 57.2 Å². The molecule has 2 aromatic rings. The van der Waals surface area contributed by atoms with Crippen LogP contribution in [0.2, 0.25) is 0 Å². The fourth-order valence-electron chi connectivity index (χ4n) is 3.00. The van der Waals surface area contributed by atoms with E-state index in [1.54, 1.807) is 6.92 Å². The van der Waals surface area contributed by atoms with Gasteiger partial charge in [0.15, 0.2) is 6.10 Å². The molecule has 0 saturated heterocycles. The second kappa shape index (κ2) is 8.88. The first-order valence-electron chi connectivity index (χ1n) is 9.46. The van der Waals surface area contributed by atoms with Crippen LogP contribution >= 0.6 is 0 Å². The summed E-state index contributed by atoms with van der Waals surface area (Å²) in [5.41, 5.74) is 4.76. The van der Waals surface area contributed by atoms with Crippen molar-refractivity contribution in [1.29, 1.82) is 0 Å². The average Bonchev–Trinajstić information content (AvgIpc) is 2.62. The summed E-state index contributed by atoms with van der Waals surface area (Å²) in [4.78, 5) is 12.7. The summed E-state index contributed by atoms with van der Waals surface area (Å²) in [5.74, 6) is 1.04. The molecule has 0 aliphatic heterocycles. The molecular formula is C23H31NO2. The highest BCUT2D eigenvalue weighted by atomic mass is 16.5. The fourth-order valence-corrected chi connectivity index (χ4v) is 3.00. The van der Waals surface area contributed by atoms with Gasteiger partial charge in [-0.25, -0.2) is 0 Å². The lowest BCUT2D eigenvalue weighted by Crippen LogP contribution is -2.38. The third kappa shape index (κ3) is 4.87. The summed E-state index contributed by atoms with van der Waals surface area (Å²) in [6.07, 6.45) is 0.291. The highest BCUT2D eigenvalue weighted by Gasteiger charge is 2.21. The number of aryl methyl sites for hydroxylation is 2. The van der Waals surface area contributed by atoms with Crippen LogP contribution < -0.4 is 10.1 Å². The van der Waals surface area contributed by atoms with E-state index in [0.717, 1.165) is 23.3 Å². The quantitative estimate of drug-likeness (QED) is 0.717. The molecule has 2 rings (SSSR count). The minimum absolute atomic E-state index is 0.00630.